The van der Waals surface area contributed by atoms with E-state index in [-0.39, 0.29) is 43.9 Å². The van der Waals surface area contributed by atoms with Crippen LogP contribution in [0.25, 0.3) is 0 Å². The molecule has 1 unspecified atom stereocenters. The van der Waals surface area contributed by atoms with Crippen LogP contribution >= 0.6 is 0 Å². The molecule has 1 saturated carbocycles. The van der Waals surface area contributed by atoms with E-state index >= 15 is 0 Å². The number of amides is 2. The number of carboxylic acid groups (broad SMARTS) is 1. The van der Waals surface area contributed by atoms with Gasteiger partial charge in [0.15, 0.2) is 11.5 Å². The first-order valence-electron chi connectivity index (χ1n) is 17.9. The summed E-state index contributed by atoms with van der Waals surface area (Å²) in [6, 6.07) is 11.8. The fraction of sp³-hybridized carbons (Fsp3) is 0.550. The van der Waals surface area contributed by atoms with E-state index in [1.807, 2.05) is 51.1 Å². The van der Waals surface area contributed by atoms with Gasteiger partial charge < -0.3 is 29.5 Å². The summed E-state index contributed by atoms with van der Waals surface area (Å²) in [6.07, 6.45) is 2.75. The van der Waals surface area contributed by atoms with Crippen LogP contribution in [-0.4, -0.2) is 102 Å². The zero-order valence-corrected chi connectivity index (χ0v) is 31.7. The molecular formula is C40H54N4O8. The summed E-state index contributed by atoms with van der Waals surface area (Å²) in [7, 11) is 3.22. The number of likely N-dealkylation sites (tertiary alicyclic amines) is 1. The minimum absolute atomic E-state index is 0.202. The lowest BCUT2D eigenvalue weighted by Crippen LogP contribution is -2.59. The van der Waals surface area contributed by atoms with Crippen molar-refractivity contribution in [3.63, 3.8) is 0 Å². The molecule has 2 aromatic rings. The normalized spacial score (nSPS) is 25.0. The first-order chi connectivity index (χ1) is 24.4. The van der Waals surface area contributed by atoms with Crippen LogP contribution in [0.4, 0.5) is 0 Å². The molecule has 1 aliphatic carbocycles. The number of carbonyl (C=O) groups is 4. The number of nitrogens with zero attached hydrogens (tertiary/aromatic N) is 2. The van der Waals surface area contributed by atoms with Gasteiger partial charge in [0.2, 0.25) is 11.8 Å². The number of ether oxygens (including phenoxy) is 3. The van der Waals surface area contributed by atoms with Gasteiger partial charge in [0.1, 0.15) is 17.2 Å². The van der Waals surface area contributed by atoms with E-state index in [2.05, 4.69) is 34.2 Å². The van der Waals surface area contributed by atoms with Crippen LogP contribution in [0.5, 0.6) is 11.5 Å². The van der Waals surface area contributed by atoms with Crippen LogP contribution in [0.1, 0.15) is 77.1 Å². The SMILES string of the molecule is C=C[C@@H]1C[C@]1(NC(=O)[C@@H]1C[C@@H](N2CCc3cc(OC)c(OC)cc3C2c2ccccc2)CN1C(=O)[C@@H](NCC(=O)OC(C)(C)C)C(C)(C)C)C(=O)O. The molecule has 1 saturated heterocycles. The third kappa shape index (κ3) is 7.97. The van der Waals surface area contributed by atoms with Gasteiger partial charge in [-0.3, -0.25) is 24.6 Å². The molecule has 282 valence electrons. The van der Waals surface area contributed by atoms with E-state index in [1.165, 1.54) is 0 Å². The first kappa shape index (κ1) is 38.8. The van der Waals surface area contributed by atoms with E-state index in [0.717, 1.165) is 16.7 Å². The van der Waals surface area contributed by atoms with Crippen molar-refractivity contribution in [2.24, 2.45) is 11.3 Å². The molecule has 5 rings (SSSR count). The van der Waals surface area contributed by atoms with E-state index in [1.54, 1.807) is 46.0 Å². The second kappa shape index (κ2) is 14.9. The van der Waals surface area contributed by atoms with Crippen molar-refractivity contribution >= 4 is 23.8 Å². The number of carboxylic acids is 1. The van der Waals surface area contributed by atoms with Crippen molar-refractivity contribution in [1.29, 1.82) is 0 Å². The monoisotopic (exact) mass is 718 g/mol. The quantitative estimate of drug-likeness (QED) is 0.217. The summed E-state index contributed by atoms with van der Waals surface area (Å²) in [5.74, 6) is -1.67. The number of nitrogens with one attached hydrogen (secondary N) is 2. The number of aliphatic carboxylic acids is 1. The van der Waals surface area contributed by atoms with Crippen LogP contribution in [-0.2, 0) is 30.3 Å². The van der Waals surface area contributed by atoms with Crippen molar-refractivity contribution in [2.75, 3.05) is 33.9 Å². The van der Waals surface area contributed by atoms with Gasteiger partial charge in [0.05, 0.1) is 32.8 Å². The minimum Gasteiger partial charge on any atom is -0.493 e. The van der Waals surface area contributed by atoms with E-state index < -0.39 is 52.4 Å². The van der Waals surface area contributed by atoms with Gasteiger partial charge in [-0.05, 0) is 74.3 Å². The van der Waals surface area contributed by atoms with E-state index in [4.69, 9.17) is 14.2 Å². The minimum atomic E-state index is -1.46. The van der Waals surface area contributed by atoms with Crippen molar-refractivity contribution in [3.05, 3.63) is 71.8 Å². The lowest BCUT2D eigenvalue weighted by molar-refractivity contribution is -0.154. The average Bonchev–Trinajstić information content (AvgIpc) is 3.62. The topological polar surface area (TPSA) is 147 Å². The highest BCUT2D eigenvalue weighted by molar-refractivity contribution is 5.96. The maximum absolute atomic E-state index is 14.7. The Hall–Kier alpha value is -4.42. The first-order valence-corrected chi connectivity index (χ1v) is 17.9. The van der Waals surface area contributed by atoms with Gasteiger partial charge >= 0.3 is 11.9 Å². The molecule has 2 heterocycles. The Morgan fingerprint density at radius 1 is 1.04 bits per heavy atom. The predicted octanol–water partition coefficient (Wildman–Crippen LogP) is 4.11. The number of methoxy groups -OCH3 is 2. The Kier molecular flexibility index (Phi) is 11.1. The Bertz CT molecular complexity index is 1680. The third-order valence-corrected chi connectivity index (χ3v) is 10.4. The molecule has 6 atom stereocenters. The summed E-state index contributed by atoms with van der Waals surface area (Å²) in [5.41, 5.74) is 0.395. The van der Waals surface area contributed by atoms with E-state index in [9.17, 15) is 24.3 Å². The predicted molar refractivity (Wildman–Crippen MR) is 196 cm³/mol. The Balaban J connectivity index is 1.52. The molecule has 2 aliphatic heterocycles. The molecule has 12 nitrogen and oxygen atoms in total. The largest absolute Gasteiger partial charge is 0.493 e. The van der Waals surface area contributed by atoms with Crippen LogP contribution < -0.4 is 20.1 Å². The summed E-state index contributed by atoms with van der Waals surface area (Å²) in [4.78, 5) is 58.1. The number of carbonyl (C=O) groups excluding carboxylic acids is 3. The standard InChI is InChI=1S/C40H54N4O8/c1-10-26-21-40(26,37(48)49)42-35(46)29-19-27(23-44(29)36(47)34(38(2,3)4)41-22-32(45)52-39(5,6)7)43-17-16-25-18-30(50-8)31(51-9)20-28(25)33(43)24-14-12-11-13-15-24/h10-15,18,20,26-27,29,33-34,41H,1,16-17,19,21-23H2,2-9H3,(H,42,46)(H,48,49)/t26-,27-,29+,33?,34-,40-/m1/s1. The van der Waals surface area contributed by atoms with Gasteiger partial charge in [-0.2, -0.15) is 0 Å². The second-order valence-electron chi connectivity index (χ2n) is 16.2. The van der Waals surface area contributed by atoms with Gasteiger partial charge in [0.25, 0.3) is 0 Å². The van der Waals surface area contributed by atoms with Gasteiger partial charge in [-0.25, -0.2) is 4.79 Å². The Labute approximate surface area is 306 Å². The molecule has 2 amide bonds. The highest BCUT2D eigenvalue weighted by Crippen LogP contribution is 2.46. The summed E-state index contributed by atoms with van der Waals surface area (Å²) >= 11 is 0. The van der Waals surface area contributed by atoms with Crippen molar-refractivity contribution in [3.8, 4) is 11.5 Å². The molecule has 2 fully saturated rings. The zero-order valence-electron chi connectivity index (χ0n) is 31.7. The van der Waals surface area contributed by atoms with Crippen molar-refractivity contribution < 1.29 is 38.5 Å². The fourth-order valence-corrected chi connectivity index (χ4v) is 7.72. The molecule has 0 bridgehead atoms. The number of benzene rings is 2. The van der Waals surface area contributed by atoms with Crippen LogP contribution in [0.2, 0.25) is 0 Å². The van der Waals surface area contributed by atoms with Gasteiger partial charge in [0, 0.05) is 25.0 Å². The molecule has 0 aromatic heterocycles. The van der Waals surface area contributed by atoms with Gasteiger partial charge in [-0.15, -0.1) is 6.58 Å². The summed E-state index contributed by atoms with van der Waals surface area (Å²) in [5, 5.41) is 16.1. The lowest BCUT2D eigenvalue weighted by atomic mass is 9.85. The molecule has 2 aromatic carbocycles. The maximum Gasteiger partial charge on any atom is 0.330 e. The molecule has 3 N–H and O–H groups in total. The van der Waals surface area contributed by atoms with Crippen LogP contribution in [0.15, 0.2) is 55.1 Å². The molecular weight excluding hydrogens is 664 g/mol. The summed E-state index contributed by atoms with van der Waals surface area (Å²) in [6.45, 7) is 15.4. The highest BCUT2D eigenvalue weighted by atomic mass is 16.6. The highest BCUT2D eigenvalue weighted by Gasteiger charge is 2.61. The molecule has 12 heteroatoms. The number of rotatable bonds is 12. The van der Waals surface area contributed by atoms with Crippen molar-refractivity contribution in [1.82, 2.24) is 20.4 Å². The Morgan fingerprint density at radius 3 is 2.25 bits per heavy atom. The molecule has 3 aliphatic rings. The van der Waals surface area contributed by atoms with E-state index in [0.29, 0.717) is 24.5 Å². The Morgan fingerprint density at radius 2 is 1.69 bits per heavy atom. The third-order valence-electron chi connectivity index (χ3n) is 10.4. The number of esters is 1. The van der Waals surface area contributed by atoms with Gasteiger partial charge in [-0.1, -0.05) is 57.2 Å². The molecule has 52 heavy (non-hydrogen) atoms. The smallest absolute Gasteiger partial charge is 0.330 e. The van der Waals surface area contributed by atoms with Crippen LogP contribution in [0.3, 0.4) is 0 Å². The summed E-state index contributed by atoms with van der Waals surface area (Å²) < 4.78 is 16.8. The maximum atomic E-state index is 14.7. The molecule has 0 spiro atoms. The average molecular weight is 719 g/mol. The number of hydrogen-bond acceptors (Lipinski definition) is 9. The zero-order chi connectivity index (χ0) is 38.2. The van der Waals surface area contributed by atoms with Crippen LogP contribution in [0, 0.1) is 11.3 Å². The fourth-order valence-electron chi connectivity index (χ4n) is 7.72. The number of fused-ring (bicyclic) bond motifs is 1. The van der Waals surface area contributed by atoms with Crippen molar-refractivity contribution in [2.45, 2.75) is 96.1 Å². The molecule has 0 radical (unpaired) electrons. The second-order valence-corrected chi connectivity index (χ2v) is 16.2. The lowest BCUT2D eigenvalue weighted by Gasteiger charge is -2.42. The number of hydrogen-bond donors (Lipinski definition) is 3.